The Morgan fingerprint density at radius 3 is 2.59 bits per heavy atom. The van der Waals surface area contributed by atoms with Crippen molar-refractivity contribution >= 4 is 5.91 Å². The van der Waals surface area contributed by atoms with E-state index in [1.807, 2.05) is 13.0 Å². The Balaban J connectivity index is 2.66. The molecule has 3 nitrogen and oxygen atoms in total. The van der Waals surface area contributed by atoms with Gasteiger partial charge >= 0.3 is 0 Å². The van der Waals surface area contributed by atoms with Crippen molar-refractivity contribution in [2.24, 2.45) is 0 Å². The van der Waals surface area contributed by atoms with Crippen LogP contribution in [0.25, 0.3) is 0 Å². The van der Waals surface area contributed by atoms with Gasteiger partial charge in [-0.15, -0.1) is 0 Å². The second kappa shape index (κ2) is 6.28. The SMILES string of the molecule is CCC(=O)NCCc1ccc(OC)c(C)c1C. The lowest BCUT2D eigenvalue weighted by Crippen LogP contribution is -2.24. The van der Waals surface area contributed by atoms with Gasteiger partial charge in [0.1, 0.15) is 5.75 Å². The van der Waals surface area contributed by atoms with Crippen LogP contribution >= 0.6 is 0 Å². The van der Waals surface area contributed by atoms with E-state index in [4.69, 9.17) is 4.74 Å². The maximum atomic E-state index is 11.1. The number of benzene rings is 1. The molecule has 0 spiro atoms. The fourth-order valence-electron chi connectivity index (χ4n) is 1.81. The average molecular weight is 235 g/mol. The minimum Gasteiger partial charge on any atom is -0.496 e. The predicted octanol–water partition coefficient (Wildman–Crippen LogP) is 2.38. The minimum atomic E-state index is 0.105. The average Bonchev–Trinajstić information content (AvgIpc) is 2.34. The van der Waals surface area contributed by atoms with Crippen molar-refractivity contribution in [2.75, 3.05) is 13.7 Å². The lowest BCUT2D eigenvalue weighted by Gasteiger charge is -2.12. The van der Waals surface area contributed by atoms with Crippen molar-refractivity contribution in [1.82, 2.24) is 5.32 Å². The third kappa shape index (κ3) is 3.48. The highest BCUT2D eigenvalue weighted by Crippen LogP contribution is 2.23. The molecule has 0 aliphatic rings. The van der Waals surface area contributed by atoms with Gasteiger partial charge < -0.3 is 10.1 Å². The van der Waals surface area contributed by atoms with Crippen LogP contribution in [-0.4, -0.2) is 19.6 Å². The Morgan fingerprint density at radius 1 is 1.29 bits per heavy atom. The maximum Gasteiger partial charge on any atom is 0.219 e. The van der Waals surface area contributed by atoms with Gasteiger partial charge in [0.25, 0.3) is 0 Å². The van der Waals surface area contributed by atoms with Crippen molar-refractivity contribution in [3.8, 4) is 5.75 Å². The molecule has 1 aromatic carbocycles. The smallest absolute Gasteiger partial charge is 0.219 e. The van der Waals surface area contributed by atoms with E-state index in [0.717, 1.165) is 12.2 Å². The van der Waals surface area contributed by atoms with E-state index in [1.54, 1.807) is 7.11 Å². The van der Waals surface area contributed by atoms with Crippen molar-refractivity contribution in [3.05, 3.63) is 28.8 Å². The molecule has 0 saturated heterocycles. The Kier molecular flexibility index (Phi) is 5.01. The standard InChI is InChI=1S/C14H21NO2/c1-5-14(16)15-9-8-12-6-7-13(17-4)11(3)10(12)2/h6-7H,5,8-9H2,1-4H3,(H,15,16). The molecule has 3 heteroatoms. The van der Waals surface area contributed by atoms with E-state index in [2.05, 4.69) is 25.2 Å². The van der Waals surface area contributed by atoms with Crippen LogP contribution in [0.5, 0.6) is 5.75 Å². The largest absolute Gasteiger partial charge is 0.496 e. The molecule has 0 atom stereocenters. The van der Waals surface area contributed by atoms with Crippen LogP contribution in [0.3, 0.4) is 0 Å². The van der Waals surface area contributed by atoms with Gasteiger partial charge in [-0.2, -0.15) is 0 Å². The van der Waals surface area contributed by atoms with Gasteiger partial charge in [-0.1, -0.05) is 13.0 Å². The highest BCUT2D eigenvalue weighted by atomic mass is 16.5. The summed E-state index contributed by atoms with van der Waals surface area (Å²) in [6, 6.07) is 4.05. The number of ether oxygens (including phenoxy) is 1. The Hall–Kier alpha value is -1.51. The minimum absolute atomic E-state index is 0.105. The zero-order chi connectivity index (χ0) is 12.8. The number of carbonyl (C=O) groups excluding carboxylic acids is 1. The molecule has 0 fully saturated rings. The Morgan fingerprint density at radius 2 is 2.00 bits per heavy atom. The molecule has 1 N–H and O–H groups in total. The Bertz CT molecular complexity index is 399. The van der Waals surface area contributed by atoms with E-state index in [-0.39, 0.29) is 5.91 Å². The molecule has 94 valence electrons. The maximum absolute atomic E-state index is 11.1. The van der Waals surface area contributed by atoms with E-state index in [0.29, 0.717) is 13.0 Å². The van der Waals surface area contributed by atoms with Crippen LogP contribution in [0.1, 0.15) is 30.0 Å². The fraction of sp³-hybridized carbons (Fsp3) is 0.500. The van der Waals surface area contributed by atoms with Gasteiger partial charge in [0.2, 0.25) is 5.91 Å². The molecule has 1 amide bonds. The van der Waals surface area contributed by atoms with Gasteiger partial charge in [0.15, 0.2) is 0 Å². The number of hydrogen-bond acceptors (Lipinski definition) is 2. The first-order chi connectivity index (χ1) is 8.10. The van der Waals surface area contributed by atoms with E-state index in [9.17, 15) is 4.79 Å². The quantitative estimate of drug-likeness (QED) is 0.851. The van der Waals surface area contributed by atoms with Gasteiger partial charge in [-0.25, -0.2) is 0 Å². The number of amides is 1. The number of methoxy groups -OCH3 is 1. The predicted molar refractivity (Wildman–Crippen MR) is 69.5 cm³/mol. The number of rotatable bonds is 5. The summed E-state index contributed by atoms with van der Waals surface area (Å²) in [4.78, 5) is 11.1. The fourth-order valence-corrected chi connectivity index (χ4v) is 1.81. The number of nitrogens with one attached hydrogen (secondary N) is 1. The van der Waals surface area contributed by atoms with Crippen molar-refractivity contribution in [1.29, 1.82) is 0 Å². The third-order valence-electron chi connectivity index (χ3n) is 3.11. The van der Waals surface area contributed by atoms with Crippen molar-refractivity contribution in [2.45, 2.75) is 33.6 Å². The summed E-state index contributed by atoms with van der Waals surface area (Å²) in [6.07, 6.45) is 1.41. The van der Waals surface area contributed by atoms with Crippen molar-refractivity contribution < 1.29 is 9.53 Å². The molecule has 0 bridgehead atoms. The summed E-state index contributed by atoms with van der Waals surface area (Å²) in [5.41, 5.74) is 3.68. The van der Waals surface area contributed by atoms with Crippen LogP contribution in [0.15, 0.2) is 12.1 Å². The van der Waals surface area contributed by atoms with Crippen LogP contribution in [-0.2, 0) is 11.2 Å². The molecule has 0 heterocycles. The summed E-state index contributed by atoms with van der Waals surface area (Å²) in [5, 5.41) is 2.89. The second-order valence-corrected chi connectivity index (χ2v) is 4.13. The van der Waals surface area contributed by atoms with Gasteiger partial charge in [-0.3, -0.25) is 4.79 Å². The molecular formula is C14H21NO2. The zero-order valence-corrected chi connectivity index (χ0v) is 11.1. The molecule has 1 aromatic rings. The Labute approximate surface area is 103 Å². The first-order valence-corrected chi connectivity index (χ1v) is 5.99. The lowest BCUT2D eigenvalue weighted by atomic mass is 10.00. The normalized spacial score (nSPS) is 10.1. The molecule has 1 rings (SSSR count). The summed E-state index contributed by atoms with van der Waals surface area (Å²) in [5.74, 6) is 1.02. The molecule has 0 unspecified atom stereocenters. The molecular weight excluding hydrogens is 214 g/mol. The topological polar surface area (TPSA) is 38.3 Å². The lowest BCUT2D eigenvalue weighted by molar-refractivity contribution is -0.120. The molecule has 0 saturated carbocycles. The molecule has 17 heavy (non-hydrogen) atoms. The van der Waals surface area contributed by atoms with Crippen molar-refractivity contribution in [3.63, 3.8) is 0 Å². The zero-order valence-electron chi connectivity index (χ0n) is 11.1. The summed E-state index contributed by atoms with van der Waals surface area (Å²) < 4.78 is 5.27. The van der Waals surface area contributed by atoms with Crippen LogP contribution in [0, 0.1) is 13.8 Å². The molecule has 0 aromatic heterocycles. The van der Waals surface area contributed by atoms with Gasteiger partial charge in [0.05, 0.1) is 7.11 Å². The second-order valence-electron chi connectivity index (χ2n) is 4.13. The first-order valence-electron chi connectivity index (χ1n) is 5.99. The number of hydrogen-bond donors (Lipinski definition) is 1. The van der Waals surface area contributed by atoms with E-state index in [1.165, 1.54) is 16.7 Å². The molecule has 0 aliphatic carbocycles. The van der Waals surface area contributed by atoms with E-state index >= 15 is 0 Å². The third-order valence-corrected chi connectivity index (χ3v) is 3.11. The molecule has 0 radical (unpaired) electrons. The highest BCUT2D eigenvalue weighted by molar-refractivity contribution is 5.75. The van der Waals surface area contributed by atoms with Gasteiger partial charge in [0, 0.05) is 13.0 Å². The van der Waals surface area contributed by atoms with Crippen LogP contribution in [0.2, 0.25) is 0 Å². The first kappa shape index (κ1) is 13.6. The number of carbonyl (C=O) groups is 1. The molecule has 0 aliphatic heterocycles. The van der Waals surface area contributed by atoms with E-state index < -0.39 is 0 Å². The summed E-state index contributed by atoms with van der Waals surface area (Å²) in [6.45, 7) is 6.70. The monoisotopic (exact) mass is 235 g/mol. The van der Waals surface area contributed by atoms with Crippen LogP contribution < -0.4 is 10.1 Å². The summed E-state index contributed by atoms with van der Waals surface area (Å²) in [7, 11) is 1.68. The van der Waals surface area contributed by atoms with Crippen LogP contribution in [0.4, 0.5) is 0 Å². The van der Waals surface area contributed by atoms with Gasteiger partial charge in [-0.05, 0) is 43.0 Å². The summed E-state index contributed by atoms with van der Waals surface area (Å²) >= 11 is 0. The highest BCUT2D eigenvalue weighted by Gasteiger charge is 2.06.